The quantitative estimate of drug-likeness (QED) is 0.326. The van der Waals surface area contributed by atoms with Crippen molar-refractivity contribution >= 4 is 39.8 Å². The van der Waals surface area contributed by atoms with Gasteiger partial charge in [-0.15, -0.1) is 11.8 Å². The molecule has 0 atom stereocenters. The molecule has 0 aliphatic carbocycles. The highest BCUT2D eigenvalue weighted by molar-refractivity contribution is 8.14. The zero-order valence-electron chi connectivity index (χ0n) is 17.1. The van der Waals surface area contributed by atoms with Gasteiger partial charge in [0.25, 0.3) is 0 Å². The van der Waals surface area contributed by atoms with E-state index in [9.17, 15) is 18.0 Å². The van der Waals surface area contributed by atoms with Crippen LogP contribution in [0.2, 0.25) is 0 Å². The SMILES string of the molecule is CCSc1cc(C(F)(F)F)cnc1-c1nc2cc(SC(=O)c3ccccc3)cnc2n1C. The van der Waals surface area contributed by atoms with Gasteiger partial charge in [-0.2, -0.15) is 13.2 Å². The highest BCUT2D eigenvalue weighted by atomic mass is 32.2. The Morgan fingerprint density at radius 1 is 1.09 bits per heavy atom. The van der Waals surface area contributed by atoms with Gasteiger partial charge in [0.15, 0.2) is 11.5 Å². The first-order valence-corrected chi connectivity index (χ1v) is 11.4. The standard InChI is InChI=1S/C22H17F3N4OS2/c1-3-31-17-9-14(22(23,24)25)11-26-18(17)20-28-16-10-15(12-27-19(16)29(20)2)32-21(30)13-7-5-4-6-8-13/h4-12H,3H2,1-2H3. The van der Waals surface area contributed by atoms with Crippen LogP contribution in [0.4, 0.5) is 13.2 Å². The predicted octanol–water partition coefficient (Wildman–Crippen LogP) is 6.09. The number of pyridine rings is 2. The monoisotopic (exact) mass is 474 g/mol. The normalized spacial score (nSPS) is 11.8. The van der Waals surface area contributed by atoms with Crippen LogP contribution in [0.5, 0.6) is 0 Å². The lowest BCUT2D eigenvalue weighted by Crippen LogP contribution is -2.07. The minimum atomic E-state index is -4.47. The molecule has 0 amide bonds. The molecule has 5 nitrogen and oxygen atoms in total. The average Bonchev–Trinajstić information content (AvgIpc) is 3.09. The molecule has 1 aromatic carbocycles. The molecule has 0 aliphatic rings. The summed E-state index contributed by atoms with van der Waals surface area (Å²) in [4.78, 5) is 26.6. The summed E-state index contributed by atoms with van der Waals surface area (Å²) in [6.45, 7) is 1.86. The van der Waals surface area contributed by atoms with E-state index in [2.05, 4.69) is 15.0 Å². The first-order chi connectivity index (χ1) is 15.3. The summed E-state index contributed by atoms with van der Waals surface area (Å²) in [6.07, 6.45) is -2.07. The lowest BCUT2D eigenvalue weighted by molar-refractivity contribution is -0.138. The molecular weight excluding hydrogens is 457 g/mol. The smallest absolute Gasteiger partial charge is 0.310 e. The molecule has 0 saturated carbocycles. The molecule has 0 saturated heterocycles. The maximum absolute atomic E-state index is 13.2. The second-order valence-electron chi connectivity index (χ2n) is 6.77. The summed E-state index contributed by atoms with van der Waals surface area (Å²) < 4.78 is 41.1. The number of aromatic nitrogens is 4. The van der Waals surface area contributed by atoms with Crippen LogP contribution in [-0.2, 0) is 13.2 Å². The highest BCUT2D eigenvalue weighted by Gasteiger charge is 2.32. The Bertz CT molecular complexity index is 1290. The van der Waals surface area contributed by atoms with Crippen LogP contribution >= 0.6 is 23.5 Å². The van der Waals surface area contributed by atoms with Crippen LogP contribution in [0.25, 0.3) is 22.7 Å². The Morgan fingerprint density at radius 3 is 2.53 bits per heavy atom. The van der Waals surface area contributed by atoms with Crippen molar-refractivity contribution in [2.45, 2.75) is 22.9 Å². The van der Waals surface area contributed by atoms with Crippen molar-refractivity contribution in [3.63, 3.8) is 0 Å². The number of carbonyl (C=O) groups is 1. The Kier molecular flexibility index (Phi) is 6.25. The topological polar surface area (TPSA) is 60.7 Å². The summed E-state index contributed by atoms with van der Waals surface area (Å²) in [5.41, 5.74) is 1.22. The number of hydrogen-bond donors (Lipinski definition) is 0. The molecule has 10 heteroatoms. The number of imidazole rings is 1. The number of halogens is 3. The number of hydrogen-bond acceptors (Lipinski definition) is 6. The van der Waals surface area contributed by atoms with Gasteiger partial charge in [-0.25, -0.2) is 9.97 Å². The van der Waals surface area contributed by atoms with E-state index in [0.29, 0.717) is 43.8 Å². The third-order valence-corrected chi connectivity index (χ3v) is 6.39. The van der Waals surface area contributed by atoms with Gasteiger partial charge in [-0.1, -0.05) is 37.3 Å². The first-order valence-electron chi connectivity index (χ1n) is 9.58. The fourth-order valence-electron chi connectivity index (χ4n) is 3.10. The summed E-state index contributed by atoms with van der Waals surface area (Å²) >= 11 is 2.31. The second kappa shape index (κ2) is 8.95. The maximum Gasteiger partial charge on any atom is 0.417 e. The third-order valence-electron chi connectivity index (χ3n) is 4.60. The van der Waals surface area contributed by atoms with Gasteiger partial charge in [0, 0.05) is 34.8 Å². The fourth-order valence-corrected chi connectivity index (χ4v) is 4.64. The number of thioether (sulfide) groups is 2. The van der Waals surface area contributed by atoms with Gasteiger partial charge >= 0.3 is 6.18 Å². The molecule has 0 spiro atoms. The van der Waals surface area contributed by atoms with E-state index in [0.717, 1.165) is 24.0 Å². The van der Waals surface area contributed by atoms with Crippen LogP contribution < -0.4 is 0 Å². The number of alkyl halides is 3. The Labute approximate surface area is 190 Å². The highest BCUT2D eigenvalue weighted by Crippen LogP contribution is 2.36. The molecule has 0 radical (unpaired) electrons. The summed E-state index contributed by atoms with van der Waals surface area (Å²) in [6, 6.07) is 11.8. The van der Waals surface area contributed by atoms with E-state index in [1.54, 1.807) is 48.1 Å². The van der Waals surface area contributed by atoms with Gasteiger partial charge in [0.1, 0.15) is 11.2 Å². The van der Waals surface area contributed by atoms with E-state index in [4.69, 9.17) is 0 Å². The third kappa shape index (κ3) is 4.51. The molecule has 4 aromatic rings. The molecule has 0 N–H and O–H groups in total. The largest absolute Gasteiger partial charge is 0.417 e. The van der Waals surface area contributed by atoms with E-state index >= 15 is 0 Å². The van der Waals surface area contributed by atoms with Gasteiger partial charge in [0.2, 0.25) is 5.12 Å². The number of fused-ring (bicyclic) bond motifs is 1. The molecule has 32 heavy (non-hydrogen) atoms. The van der Waals surface area contributed by atoms with Crippen LogP contribution in [0.3, 0.4) is 0 Å². The molecule has 0 unspecified atom stereocenters. The van der Waals surface area contributed by atoms with E-state index in [-0.39, 0.29) is 5.12 Å². The molecule has 3 aromatic heterocycles. The van der Waals surface area contributed by atoms with E-state index in [1.165, 1.54) is 11.8 Å². The maximum atomic E-state index is 13.2. The Morgan fingerprint density at radius 2 is 1.84 bits per heavy atom. The zero-order valence-corrected chi connectivity index (χ0v) is 18.7. The Hall–Kier alpha value is -2.85. The van der Waals surface area contributed by atoms with Crippen molar-refractivity contribution in [2.75, 3.05) is 5.75 Å². The number of benzene rings is 1. The van der Waals surface area contributed by atoms with Crippen LogP contribution in [0.15, 0.2) is 64.6 Å². The minimum absolute atomic E-state index is 0.117. The summed E-state index contributed by atoms with van der Waals surface area (Å²) in [5.74, 6) is 0.995. The lowest BCUT2D eigenvalue weighted by Gasteiger charge is -2.11. The number of rotatable bonds is 5. The Balaban J connectivity index is 1.72. The zero-order chi connectivity index (χ0) is 22.9. The van der Waals surface area contributed by atoms with Crippen molar-refractivity contribution in [1.82, 2.24) is 19.5 Å². The van der Waals surface area contributed by atoms with Crippen LogP contribution in [-0.4, -0.2) is 30.4 Å². The fraction of sp³-hybridized carbons (Fsp3) is 0.182. The molecule has 4 rings (SSSR count). The summed E-state index contributed by atoms with van der Waals surface area (Å²) in [7, 11) is 1.74. The van der Waals surface area contributed by atoms with Crippen molar-refractivity contribution in [3.05, 3.63) is 66.0 Å². The van der Waals surface area contributed by atoms with Crippen molar-refractivity contribution in [2.24, 2.45) is 7.05 Å². The second-order valence-corrected chi connectivity index (χ2v) is 9.12. The summed E-state index contributed by atoms with van der Waals surface area (Å²) in [5, 5.41) is -0.117. The van der Waals surface area contributed by atoms with Crippen LogP contribution in [0, 0.1) is 0 Å². The van der Waals surface area contributed by atoms with E-state index < -0.39 is 11.7 Å². The van der Waals surface area contributed by atoms with Crippen LogP contribution in [0.1, 0.15) is 22.8 Å². The van der Waals surface area contributed by atoms with Gasteiger partial charge in [-0.05, 0) is 29.6 Å². The van der Waals surface area contributed by atoms with Crippen molar-refractivity contribution in [3.8, 4) is 11.5 Å². The van der Waals surface area contributed by atoms with Gasteiger partial charge in [-0.3, -0.25) is 9.78 Å². The number of carbonyl (C=O) groups excluding carboxylic acids is 1. The molecular formula is C22H17F3N4OS2. The predicted molar refractivity (Wildman–Crippen MR) is 120 cm³/mol. The van der Waals surface area contributed by atoms with Crippen molar-refractivity contribution < 1.29 is 18.0 Å². The minimum Gasteiger partial charge on any atom is -0.310 e. The number of aryl methyl sites for hydroxylation is 1. The molecule has 164 valence electrons. The van der Waals surface area contributed by atoms with Crippen molar-refractivity contribution in [1.29, 1.82) is 0 Å². The van der Waals surface area contributed by atoms with E-state index in [1.807, 2.05) is 13.0 Å². The average molecular weight is 475 g/mol. The molecule has 0 aliphatic heterocycles. The first kappa shape index (κ1) is 22.3. The van der Waals surface area contributed by atoms with Gasteiger partial charge in [0.05, 0.1) is 5.56 Å². The molecule has 0 fully saturated rings. The molecule has 3 heterocycles. The number of nitrogens with zero attached hydrogens (tertiary/aromatic N) is 4. The molecule has 0 bridgehead atoms. The van der Waals surface area contributed by atoms with Gasteiger partial charge < -0.3 is 4.57 Å². The lowest BCUT2D eigenvalue weighted by atomic mass is 10.2.